The van der Waals surface area contributed by atoms with Gasteiger partial charge in [0.05, 0.1) is 0 Å². The average molecular weight is 369 g/mol. The maximum Gasteiger partial charge on any atom is 0.0496 e. The smallest absolute Gasteiger partial charge is 0.0496 e. The van der Waals surface area contributed by atoms with Crippen molar-refractivity contribution < 1.29 is 0 Å². The Hall–Kier alpha value is -0.800. The van der Waals surface area contributed by atoms with E-state index in [1.165, 1.54) is 16.8 Å². The van der Waals surface area contributed by atoms with Gasteiger partial charge in [0, 0.05) is 20.7 Å². The first-order valence-corrected chi connectivity index (χ1v) is 7.43. The minimum Gasteiger partial charge on any atom is -0.378 e. The summed E-state index contributed by atoms with van der Waals surface area (Å²) in [4.78, 5) is 0. The average Bonchev–Trinajstić information content (AvgIpc) is 2.33. The molecule has 0 saturated heterocycles. The minimum atomic E-state index is 0.264. The van der Waals surface area contributed by atoms with E-state index >= 15 is 0 Å². The molecule has 0 heterocycles. The number of nitrogens with one attached hydrogen (secondary N) is 1. The van der Waals surface area contributed by atoms with Crippen molar-refractivity contribution >= 4 is 37.5 Å². The van der Waals surface area contributed by atoms with Gasteiger partial charge in [0.15, 0.2) is 0 Å². The van der Waals surface area contributed by atoms with Crippen molar-refractivity contribution in [2.75, 3.05) is 5.32 Å². The third-order valence-corrected chi connectivity index (χ3v) is 4.15. The summed E-state index contributed by atoms with van der Waals surface area (Å²) in [5.74, 6) is 0. The van der Waals surface area contributed by atoms with Gasteiger partial charge < -0.3 is 5.32 Å². The Bertz CT molecular complexity index is 552. The molecule has 0 aliphatic rings. The molecular formula is C15H15Br2N. The van der Waals surface area contributed by atoms with Crippen LogP contribution in [0.2, 0.25) is 0 Å². The number of halogens is 2. The van der Waals surface area contributed by atoms with E-state index in [2.05, 4.69) is 87.4 Å². The molecule has 3 heteroatoms. The van der Waals surface area contributed by atoms with E-state index in [9.17, 15) is 0 Å². The summed E-state index contributed by atoms with van der Waals surface area (Å²) < 4.78 is 2.25. The fraction of sp³-hybridized carbons (Fsp3) is 0.200. The summed E-state index contributed by atoms with van der Waals surface area (Å²) in [7, 11) is 0. The van der Waals surface area contributed by atoms with Crippen LogP contribution in [0, 0.1) is 6.92 Å². The Kier molecular flexibility index (Phi) is 4.46. The fourth-order valence-electron chi connectivity index (χ4n) is 1.93. The molecule has 0 saturated carbocycles. The van der Waals surface area contributed by atoms with Crippen molar-refractivity contribution in [3.8, 4) is 0 Å². The van der Waals surface area contributed by atoms with Gasteiger partial charge >= 0.3 is 0 Å². The summed E-state index contributed by atoms with van der Waals surface area (Å²) in [6, 6.07) is 14.8. The summed E-state index contributed by atoms with van der Waals surface area (Å²) in [6.07, 6.45) is 0. The van der Waals surface area contributed by atoms with Crippen molar-refractivity contribution in [1.29, 1.82) is 0 Å². The second-order valence-corrected chi connectivity index (χ2v) is 6.12. The monoisotopic (exact) mass is 367 g/mol. The first-order chi connectivity index (χ1) is 8.58. The summed E-state index contributed by atoms with van der Waals surface area (Å²) >= 11 is 7.08. The molecule has 1 N–H and O–H groups in total. The largest absolute Gasteiger partial charge is 0.378 e. The number of aryl methyl sites for hydroxylation is 1. The van der Waals surface area contributed by atoms with Gasteiger partial charge in [-0.05, 0) is 49.2 Å². The highest BCUT2D eigenvalue weighted by Crippen LogP contribution is 2.28. The normalized spacial score (nSPS) is 12.2. The first-order valence-electron chi connectivity index (χ1n) is 5.85. The number of anilines is 1. The van der Waals surface area contributed by atoms with Crippen LogP contribution < -0.4 is 5.32 Å². The zero-order valence-electron chi connectivity index (χ0n) is 10.4. The molecule has 1 atom stereocenters. The zero-order valence-corrected chi connectivity index (χ0v) is 13.5. The van der Waals surface area contributed by atoms with Crippen LogP contribution in [-0.4, -0.2) is 0 Å². The van der Waals surface area contributed by atoms with Crippen LogP contribution in [0.3, 0.4) is 0 Å². The molecule has 0 aliphatic carbocycles. The number of hydrogen-bond acceptors (Lipinski definition) is 1. The van der Waals surface area contributed by atoms with E-state index in [1.54, 1.807) is 0 Å². The molecule has 0 amide bonds. The van der Waals surface area contributed by atoms with Gasteiger partial charge in [-0.1, -0.05) is 50.1 Å². The Balaban J connectivity index is 2.21. The molecule has 0 bridgehead atoms. The summed E-state index contributed by atoms with van der Waals surface area (Å²) in [5.41, 5.74) is 3.67. The van der Waals surface area contributed by atoms with E-state index in [0.717, 1.165) is 8.95 Å². The lowest BCUT2D eigenvalue weighted by atomic mass is 10.1. The lowest BCUT2D eigenvalue weighted by Crippen LogP contribution is -2.08. The third-order valence-electron chi connectivity index (χ3n) is 2.93. The predicted molar refractivity (Wildman–Crippen MR) is 85.1 cm³/mol. The van der Waals surface area contributed by atoms with Crippen LogP contribution in [0.1, 0.15) is 24.1 Å². The lowest BCUT2D eigenvalue weighted by Gasteiger charge is -2.18. The molecule has 2 aromatic rings. The van der Waals surface area contributed by atoms with Gasteiger partial charge in [0.1, 0.15) is 0 Å². The SMILES string of the molecule is Cc1cc(Br)ccc1NC(C)c1ccccc1Br. The highest BCUT2D eigenvalue weighted by molar-refractivity contribution is 9.10. The van der Waals surface area contributed by atoms with Crippen LogP contribution >= 0.6 is 31.9 Å². The van der Waals surface area contributed by atoms with Gasteiger partial charge in [-0.3, -0.25) is 0 Å². The van der Waals surface area contributed by atoms with E-state index < -0.39 is 0 Å². The molecule has 2 rings (SSSR count). The van der Waals surface area contributed by atoms with E-state index in [4.69, 9.17) is 0 Å². The van der Waals surface area contributed by atoms with E-state index in [0.29, 0.717) is 0 Å². The molecule has 2 aromatic carbocycles. The van der Waals surface area contributed by atoms with Crippen molar-refractivity contribution in [2.45, 2.75) is 19.9 Å². The molecule has 0 radical (unpaired) electrons. The maximum atomic E-state index is 3.59. The van der Waals surface area contributed by atoms with E-state index in [1.807, 2.05) is 6.07 Å². The summed E-state index contributed by atoms with van der Waals surface area (Å²) in [5, 5.41) is 3.54. The van der Waals surface area contributed by atoms with Crippen molar-refractivity contribution in [3.63, 3.8) is 0 Å². The molecule has 18 heavy (non-hydrogen) atoms. The number of hydrogen-bond donors (Lipinski definition) is 1. The second kappa shape index (κ2) is 5.89. The Labute approximate surface area is 125 Å². The topological polar surface area (TPSA) is 12.0 Å². The third kappa shape index (κ3) is 3.15. The molecule has 1 unspecified atom stereocenters. The van der Waals surface area contributed by atoms with Gasteiger partial charge in [-0.15, -0.1) is 0 Å². The second-order valence-electron chi connectivity index (χ2n) is 4.35. The molecule has 94 valence electrons. The van der Waals surface area contributed by atoms with Crippen molar-refractivity contribution in [1.82, 2.24) is 0 Å². The number of benzene rings is 2. The van der Waals surface area contributed by atoms with Crippen LogP contribution in [0.4, 0.5) is 5.69 Å². The van der Waals surface area contributed by atoms with Crippen LogP contribution in [0.25, 0.3) is 0 Å². The highest BCUT2D eigenvalue weighted by atomic mass is 79.9. The van der Waals surface area contributed by atoms with Crippen molar-refractivity contribution in [2.24, 2.45) is 0 Å². The Morgan fingerprint density at radius 1 is 1.06 bits per heavy atom. The standard InChI is InChI=1S/C15H15Br2N/c1-10-9-12(16)7-8-15(10)18-11(2)13-5-3-4-6-14(13)17/h3-9,11,18H,1-2H3. The van der Waals surface area contributed by atoms with Crippen molar-refractivity contribution in [3.05, 3.63) is 62.5 Å². The zero-order chi connectivity index (χ0) is 13.1. The molecule has 0 aliphatic heterocycles. The molecule has 0 aromatic heterocycles. The number of rotatable bonds is 3. The van der Waals surface area contributed by atoms with Gasteiger partial charge in [0.25, 0.3) is 0 Å². The molecular weight excluding hydrogens is 354 g/mol. The molecule has 0 fully saturated rings. The Morgan fingerprint density at radius 3 is 2.44 bits per heavy atom. The van der Waals surface area contributed by atoms with Crippen LogP contribution in [0.5, 0.6) is 0 Å². The van der Waals surface area contributed by atoms with Crippen LogP contribution in [0.15, 0.2) is 51.4 Å². The molecule has 1 nitrogen and oxygen atoms in total. The van der Waals surface area contributed by atoms with E-state index in [-0.39, 0.29) is 6.04 Å². The fourth-order valence-corrected chi connectivity index (χ4v) is 3.03. The lowest BCUT2D eigenvalue weighted by molar-refractivity contribution is 0.876. The van der Waals surface area contributed by atoms with Gasteiger partial charge in [-0.2, -0.15) is 0 Å². The van der Waals surface area contributed by atoms with Gasteiger partial charge in [0.2, 0.25) is 0 Å². The Morgan fingerprint density at radius 2 is 1.78 bits per heavy atom. The quantitative estimate of drug-likeness (QED) is 0.733. The maximum absolute atomic E-state index is 3.59. The minimum absolute atomic E-state index is 0.264. The molecule has 0 spiro atoms. The predicted octanol–water partition coefficient (Wildman–Crippen LogP) is 5.69. The van der Waals surface area contributed by atoms with Crippen LogP contribution in [-0.2, 0) is 0 Å². The summed E-state index contributed by atoms with van der Waals surface area (Å²) in [6.45, 7) is 4.28. The van der Waals surface area contributed by atoms with Gasteiger partial charge in [-0.25, -0.2) is 0 Å². The first kappa shape index (κ1) is 13.6. The highest BCUT2D eigenvalue weighted by Gasteiger charge is 2.09.